The van der Waals surface area contributed by atoms with Crippen LogP contribution >= 0.6 is 0 Å². The van der Waals surface area contributed by atoms with Crippen molar-refractivity contribution in [1.29, 1.82) is 0 Å². The molecule has 4 N–H and O–H groups in total. The summed E-state index contributed by atoms with van der Waals surface area (Å²) in [4.78, 5) is 0. The van der Waals surface area contributed by atoms with E-state index in [9.17, 15) is 0 Å². The van der Waals surface area contributed by atoms with Crippen LogP contribution in [-0.4, -0.2) is 6.15 Å². The van der Waals surface area contributed by atoms with Crippen LogP contribution in [0.2, 0.25) is 0 Å². The SMILES string of the molecule is [NH4+].c1ccc(C[B-](c2ccccc2)(c2ccccc2)c2ccccc2)cc1. The van der Waals surface area contributed by atoms with Crippen molar-refractivity contribution in [1.82, 2.24) is 6.15 Å². The van der Waals surface area contributed by atoms with Crippen molar-refractivity contribution >= 4 is 22.5 Å². The molecule has 0 bridgehead atoms. The third-order valence-electron chi connectivity index (χ3n) is 5.49. The molecule has 1 nitrogen and oxygen atoms in total. The van der Waals surface area contributed by atoms with E-state index in [0.717, 1.165) is 6.32 Å². The topological polar surface area (TPSA) is 36.5 Å². The number of hydrogen-bond donors (Lipinski definition) is 1. The van der Waals surface area contributed by atoms with Crippen molar-refractivity contribution in [2.45, 2.75) is 6.32 Å². The molecule has 0 amide bonds. The zero-order valence-electron chi connectivity index (χ0n) is 15.8. The molecule has 0 aliphatic carbocycles. The lowest BCUT2D eigenvalue weighted by Gasteiger charge is -2.43. The maximum atomic E-state index is 2.28. The molecule has 0 saturated carbocycles. The van der Waals surface area contributed by atoms with E-state index in [4.69, 9.17) is 0 Å². The Labute approximate surface area is 162 Å². The summed E-state index contributed by atoms with van der Waals surface area (Å²) in [6.07, 6.45) is -0.109. The molecule has 0 saturated heterocycles. The molecular weight excluding hydrogens is 325 g/mol. The Kier molecular flexibility index (Phi) is 5.90. The highest BCUT2D eigenvalue weighted by Gasteiger charge is 2.29. The fraction of sp³-hybridized carbons (Fsp3) is 0.0400. The predicted octanol–water partition coefficient (Wildman–Crippen LogP) is 4.31. The van der Waals surface area contributed by atoms with E-state index in [2.05, 4.69) is 121 Å². The molecule has 0 aliphatic heterocycles. The van der Waals surface area contributed by atoms with Crippen LogP contribution in [0.5, 0.6) is 0 Å². The number of rotatable bonds is 5. The van der Waals surface area contributed by atoms with Crippen LogP contribution in [0.1, 0.15) is 5.56 Å². The molecule has 0 heterocycles. The van der Waals surface area contributed by atoms with Gasteiger partial charge in [-0.1, -0.05) is 127 Å². The second-order valence-electron chi connectivity index (χ2n) is 6.97. The lowest BCUT2D eigenvalue weighted by molar-refractivity contribution is 1.35. The molecule has 0 spiro atoms. The van der Waals surface area contributed by atoms with Crippen LogP contribution < -0.4 is 22.5 Å². The first-order valence-electron chi connectivity index (χ1n) is 9.27. The summed E-state index contributed by atoms with van der Waals surface area (Å²) in [6.45, 7) is 0. The Morgan fingerprint density at radius 2 is 0.704 bits per heavy atom. The maximum absolute atomic E-state index is 2.28. The molecule has 0 unspecified atom stereocenters. The van der Waals surface area contributed by atoms with Gasteiger partial charge >= 0.3 is 0 Å². The van der Waals surface area contributed by atoms with Crippen LogP contribution in [0.25, 0.3) is 0 Å². The van der Waals surface area contributed by atoms with Crippen molar-refractivity contribution in [3.8, 4) is 0 Å². The predicted molar refractivity (Wildman–Crippen MR) is 120 cm³/mol. The summed E-state index contributed by atoms with van der Waals surface area (Å²) >= 11 is 0. The third-order valence-corrected chi connectivity index (χ3v) is 5.49. The van der Waals surface area contributed by atoms with E-state index in [1.54, 1.807) is 0 Å². The van der Waals surface area contributed by atoms with Crippen LogP contribution in [0, 0.1) is 0 Å². The largest absolute Gasteiger partial charge is 0.369 e. The first kappa shape index (κ1) is 18.7. The summed E-state index contributed by atoms with van der Waals surface area (Å²) in [6, 6.07) is 43.8. The van der Waals surface area contributed by atoms with Crippen LogP contribution in [0.15, 0.2) is 121 Å². The minimum Gasteiger partial charge on any atom is -0.369 e. The van der Waals surface area contributed by atoms with Crippen molar-refractivity contribution in [3.63, 3.8) is 0 Å². The molecule has 134 valence electrons. The van der Waals surface area contributed by atoms with Gasteiger partial charge in [0.2, 0.25) is 0 Å². The van der Waals surface area contributed by atoms with Gasteiger partial charge in [-0.05, 0) is 0 Å². The van der Waals surface area contributed by atoms with Gasteiger partial charge in [-0.25, -0.2) is 0 Å². The molecule has 0 fully saturated rings. The van der Waals surface area contributed by atoms with Gasteiger partial charge < -0.3 is 6.15 Å². The van der Waals surface area contributed by atoms with Gasteiger partial charge in [0, 0.05) is 0 Å². The van der Waals surface area contributed by atoms with Gasteiger partial charge in [-0.2, -0.15) is 16.4 Å². The molecule has 0 aromatic heterocycles. The quantitative estimate of drug-likeness (QED) is 0.520. The summed E-state index contributed by atoms with van der Waals surface area (Å²) < 4.78 is 0. The molecule has 0 atom stereocenters. The van der Waals surface area contributed by atoms with E-state index in [1.807, 2.05) is 0 Å². The van der Waals surface area contributed by atoms with E-state index in [1.165, 1.54) is 22.0 Å². The molecule has 0 aliphatic rings. The monoisotopic (exact) mass is 351 g/mol. The van der Waals surface area contributed by atoms with Gasteiger partial charge in [0.05, 0.1) is 6.15 Å². The summed E-state index contributed by atoms with van der Waals surface area (Å²) in [5.41, 5.74) is 5.51. The smallest absolute Gasteiger partial charge is 0.0856 e. The summed E-state index contributed by atoms with van der Waals surface area (Å²) in [5.74, 6) is 0. The fourth-order valence-electron chi connectivity index (χ4n) is 4.24. The lowest BCUT2D eigenvalue weighted by atomic mass is 9.14. The lowest BCUT2D eigenvalue weighted by Crippen LogP contribution is -2.68. The van der Waals surface area contributed by atoms with E-state index in [-0.39, 0.29) is 6.15 Å². The zero-order chi connectivity index (χ0) is 17.7. The molecule has 4 aromatic carbocycles. The molecule has 4 aromatic rings. The highest BCUT2D eigenvalue weighted by Crippen LogP contribution is 2.14. The van der Waals surface area contributed by atoms with Crippen molar-refractivity contribution in [2.75, 3.05) is 0 Å². The van der Waals surface area contributed by atoms with E-state index >= 15 is 0 Å². The highest BCUT2D eigenvalue weighted by molar-refractivity contribution is 7.11. The first-order chi connectivity index (χ1) is 12.9. The van der Waals surface area contributed by atoms with Gasteiger partial charge in [0.15, 0.2) is 0 Å². The van der Waals surface area contributed by atoms with Crippen LogP contribution in [0.3, 0.4) is 0 Å². The maximum Gasteiger partial charge on any atom is 0.0856 e. The minimum atomic E-state index is -1.09. The number of quaternary nitrogens is 1. The van der Waals surface area contributed by atoms with Crippen molar-refractivity contribution in [2.24, 2.45) is 0 Å². The first-order valence-corrected chi connectivity index (χ1v) is 9.27. The Morgan fingerprint density at radius 1 is 0.407 bits per heavy atom. The van der Waals surface area contributed by atoms with Crippen LogP contribution in [0.4, 0.5) is 0 Å². The van der Waals surface area contributed by atoms with Gasteiger partial charge in [0.1, 0.15) is 0 Å². The second kappa shape index (κ2) is 8.53. The second-order valence-corrected chi connectivity index (χ2v) is 6.97. The Morgan fingerprint density at radius 3 is 1.04 bits per heavy atom. The van der Waals surface area contributed by atoms with E-state index < -0.39 is 6.15 Å². The molecule has 0 radical (unpaired) electrons. The molecule has 2 heteroatoms. The standard InChI is InChI=1S/C25H22B.H3N/c1-5-13-22(14-6-1)21-26(23-15-7-2-8-16-23,24-17-9-3-10-18-24)25-19-11-4-12-20-25;/h1-20H,21H2;1H3/q-1;/p+1. The zero-order valence-corrected chi connectivity index (χ0v) is 15.8. The van der Waals surface area contributed by atoms with Crippen molar-refractivity contribution in [3.05, 3.63) is 127 Å². The van der Waals surface area contributed by atoms with Crippen molar-refractivity contribution < 1.29 is 0 Å². The Balaban J connectivity index is 0.00000210. The number of benzene rings is 4. The third kappa shape index (κ3) is 3.72. The normalized spacial score (nSPS) is 10.8. The number of hydrogen-bond acceptors (Lipinski definition) is 0. The average Bonchev–Trinajstić information content (AvgIpc) is 2.75. The highest BCUT2D eigenvalue weighted by atomic mass is 14.1. The Hall–Kier alpha value is -3.10. The molecule has 4 rings (SSSR count). The van der Waals surface area contributed by atoms with E-state index in [0.29, 0.717) is 0 Å². The fourth-order valence-corrected chi connectivity index (χ4v) is 4.24. The van der Waals surface area contributed by atoms with Gasteiger partial charge in [0.25, 0.3) is 0 Å². The molecular formula is C25H26BN. The van der Waals surface area contributed by atoms with Crippen LogP contribution in [-0.2, 0) is 6.32 Å². The summed E-state index contributed by atoms with van der Waals surface area (Å²) in [5, 5.41) is 0. The summed E-state index contributed by atoms with van der Waals surface area (Å²) in [7, 11) is 0. The average molecular weight is 351 g/mol. The Bertz CT molecular complexity index is 842. The van der Waals surface area contributed by atoms with Gasteiger partial charge in [-0.15, -0.1) is 6.32 Å². The molecule has 27 heavy (non-hydrogen) atoms. The van der Waals surface area contributed by atoms with Gasteiger partial charge in [-0.3, -0.25) is 0 Å². The minimum absolute atomic E-state index is 0.